The molecular formula is C53H36. The highest BCUT2D eigenvalue weighted by Crippen LogP contribution is 2.47. The normalized spacial score (nSPS) is 11.8. The third-order valence-electron chi connectivity index (χ3n) is 11.2. The largest absolute Gasteiger partial charge is 0.0701 e. The predicted molar refractivity (Wildman–Crippen MR) is 226 cm³/mol. The first-order chi connectivity index (χ1) is 26.3. The second kappa shape index (κ2) is 12.8. The minimum atomic E-state index is -0.554. The molecule has 10 aromatic carbocycles. The Morgan fingerprint density at radius 1 is 0.226 bits per heavy atom. The zero-order valence-electron chi connectivity index (χ0n) is 29.3. The lowest BCUT2D eigenvalue weighted by Gasteiger charge is -2.37. The van der Waals surface area contributed by atoms with Gasteiger partial charge in [0.25, 0.3) is 0 Å². The van der Waals surface area contributed by atoms with Gasteiger partial charge in [0.1, 0.15) is 0 Å². The topological polar surface area (TPSA) is 0 Å². The van der Waals surface area contributed by atoms with Crippen LogP contribution in [0.25, 0.3) is 65.3 Å². The van der Waals surface area contributed by atoms with E-state index in [1.807, 2.05) is 0 Å². The lowest BCUT2D eigenvalue weighted by atomic mass is 9.65. The van der Waals surface area contributed by atoms with Gasteiger partial charge in [-0.25, -0.2) is 0 Å². The first-order valence-corrected chi connectivity index (χ1v) is 18.4. The SMILES string of the molecule is c1ccc(C(c2ccccc2)(c2ccc(-c3c4ccccc4cc4ccccc34)cc2)c2ccc(-c3c4ccccc4cc4ccccc34)cc2)cc1. The van der Waals surface area contributed by atoms with Crippen molar-refractivity contribution in [2.75, 3.05) is 0 Å². The van der Waals surface area contributed by atoms with Crippen molar-refractivity contribution < 1.29 is 0 Å². The first-order valence-electron chi connectivity index (χ1n) is 18.4. The smallest absolute Gasteiger partial charge is 0.0622 e. The summed E-state index contributed by atoms with van der Waals surface area (Å²) >= 11 is 0. The average molecular weight is 673 g/mol. The van der Waals surface area contributed by atoms with Crippen molar-refractivity contribution in [2.45, 2.75) is 5.41 Å². The lowest BCUT2D eigenvalue weighted by molar-refractivity contribution is 0.745. The molecule has 0 amide bonds. The van der Waals surface area contributed by atoms with E-state index in [0.717, 1.165) is 0 Å². The molecule has 0 fully saturated rings. The van der Waals surface area contributed by atoms with E-state index in [0.29, 0.717) is 0 Å². The fourth-order valence-electron chi connectivity index (χ4n) is 8.80. The van der Waals surface area contributed by atoms with Crippen LogP contribution < -0.4 is 0 Å². The minimum Gasteiger partial charge on any atom is -0.0622 e. The summed E-state index contributed by atoms with van der Waals surface area (Å²) in [7, 11) is 0. The van der Waals surface area contributed by atoms with E-state index >= 15 is 0 Å². The van der Waals surface area contributed by atoms with Gasteiger partial charge in [0.05, 0.1) is 5.41 Å². The molecule has 0 heterocycles. The van der Waals surface area contributed by atoms with Crippen molar-refractivity contribution in [3.8, 4) is 22.3 Å². The maximum atomic E-state index is 2.36. The molecule has 0 aliphatic rings. The van der Waals surface area contributed by atoms with Crippen molar-refractivity contribution in [3.63, 3.8) is 0 Å². The fourth-order valence-corrected chi connectivity index (χ4v) is 8.80. The average Bonchev–Trinajstić information content (AvgIpc) is 3.23. The van der Waals surface area contributed by atoms with Crippen LogP contribution in [0.5, 0.6) is 0 Å². The first kappa shape index (κ1) is 31.0. The molecule has 0 aliphatic heterocycles. The Bertz CT molecular complexity index is 2590. The maximum absolute atomic E-state index is 2.36. The van der Waals surface area contributed by atoms with E-state index in [1.165, 1.54) is 87.6 Å². The van der Waals surface area contributed by atoms with Crippen molar-refractivity contribution >= 4 is 43.1 Å². The monoisotopic (exact) mass is 672 g/mol. The molecule has 10 rings (SSSR count). The molecule has 10 aromatic rings. The van der Waals surface area contributed by atoms with E-state index in [4.69, 9.17) is 0 Å². The third kappa shape index (κ3) is 5.06. The molecular weight excluding hydrogens is 637 g/mol. The van der Waals surface area contributed by atoms with Crippen LogP contribution in [0.2, 0.25) is 0 Å². The zero-order chi connectivity index (χ0) is 35.2. The Hall–Kier alpha value is -6.76. The second-order valence-corrected chi connectivity index (χ2v) is 14.0. The summed E-state index contributed by atoms with van der Waals surface area (Å²) in [5, 5.41) is 10.1. The molecule has 0 N–H and O–H groups in total. The van der Waals surface area contributed by atoms with Crippen LogP contribution >= 0.6 is 0 Å². The summed E-state index contributed by atoms with van der Waals surface area (Å²) < 4.78 is 0. The van der Waals surface area contributed by atoms with Gasteiger partial charge in [-0.05, 0) is 99.7 Å². The van der Waals surface area contributed by atoms with E-state index in [-0.39, 0.29) is 0 Å². The van der Waals surface area contributed by atoms with E-state index in [1.54, 1.807) is 0 Å². The van der Waals surface area contributed by atoms with Crippen LogP contribution in [-0.2, 0) is 5.41 Å². The number of benzene rings is 10. The molecule has 0 aliphatic carbocycles. The molecule has 0 heteroatoms. The Kier molecular flexibility index (Phi) is 7.48. The predicted octanol–water partition coefficient (Wildman–Crippen LogP) is 14.0. The van der Waals surface area contributed by atoms with Gasteiger partial charge >= 0.3 is 0 Å². The van der Waals surface area contributed by atoms with Gasteiger partial charge in [0, 0.05) is 0 Å². The van der Waals surface area contributed by atoms with E-state index in [2.05, 4.69) is 218 Å². The molecule has 53 heavy (non-hydrogen) atoms. The van der Waals surface area contributed by atoms with Crippen molar-refractivity contribution in [1.82, 2.24) is 0 Å². The van der Waals surface area contributed by atoms with E-state index in [9.17, 15) is 0 Å². The molecule has 0 bridgehead atoms. The highest BCUT2D eigenvalue weighted by Gasteiger charge is 2.38. The van der Waals surface area contributed by atoms with Gasteiger partial charge in [-0.3, -0.25) is 0 Å². The van der Waals surface area contributed by atoms with Gasteiger partial charge in [-0.1, -0.05) is 206 Å². The van der Waals surface area contributed by atoms with Crippen LogP contribution in [0.1, 0.15) is 22.3 Å². The molecule has 0 saturated carbocycles. The van der Waals surface area contributed by atoms with Crippen molar-refractivity contribution in [1.29, 1.82) is 0 Å². The Morgan fingerprint density at radius 2 is 0.491 bits per heavy atom. The summed E-state index contributed by atoms with van der Waals surface area (Å²) in [6.07, 6.45) is 0. The number of fused-ring (bicyclic) bond motifs is 4. The van der Waals surface area contributed by atoms with Gasteiger partial charge in [-0.15, -0.1) is 0 Å². The lowest BCUT2D eigenvalue weighted by Crippen LogP contribution is -2.31. The van der Waals surface area contributed by atoms with Gasteiger partial charge in [0.2, 0.25) is 0 Å². The molecule has 0 saturated heterocycles. The van der Waals surface area contributed by atoms with E-state index < -0.39 is 5.41 Å². The number of rotatable bonds is 6. The molecule has 0 unspecified atom stereocenters. The molecule has 248 valence electrons. The standard InChI is InChI=1S/C53H36/c1-3-19-43(20-4-1)53(44-21-5-2-6-22-44,45-31-27-37(28-32-45)51-47-23-11-7-15-39(47)35-40-16-8-12-24-48(40)51)46-33-29-38(30-34-46)52-49-25-13-9-17-41(49)36-42-18-10-14-26-50(42)52/h1-36H. The van der Waals surface area contributed by atoms with Gasteiger partial charge < -0.3 is 0 Å². The van der Waals surface area contributed by atoms with Crippen LogP contribution in [0.4, 0.5) is 0 Å². The van der Waals surface area contributed by atoms with Crippen LogP contribution in [-0.4, -0.2) is 0 Å². The third-order valence-corrected chi connectivity index (χ3v) is 11.2. The fraction of sp³-hybridized carbons (Fsp3) is 0.0189. The Morgan fingerprint density at radius 3 is 0.811 bits per heavy atom. The number of hydrogen-bond donors (Lipinski definition) is 0. The van der Waals surface area contributed by atoms with Gasteiger partial charge in [0.15, 0.2) is 0 Å². The maximum Gasteiger partial charge on any atom is 0.0701 e. The van der Waals surface area contributed by atoms with Crippen LogP contribution in [0, 0.1) is 0 Å². The Labute approximate surface area is 310 Å². The molecule has 0 aromatic heterocycles. The molecule has 0 atom stereocenters. The highest BCUT2D eigenvalue weighted by atomic mass is 14.4. The summed E-state index contributed by atoms with van der Waals surface area (Å²) in [6, 6.07) is 80.4. The zero-order valence-corrected chi connectivity index (χ0v) is 29.3. The molecule has 0 radical (unpaired) electrons. The summed E-state index contributed by atoms with van der Waals surface area (Å²) in [5.41, 5.74) is 9.36. The highest BCUT2D eigenvalue weighted by molar-refractivity contribution is 6.13. The quantitative estimate of drug-likeness (QED) is 0.122. The second-order valence-electron chi connectivity index (χ2n) is 14.0. The molecule has 0 nitrogen and oxygen atoms in total. The Balaban J connectivity index is 1.20. The van der Waals surface area contributed by atoms with Crippen molar-refractivity contribution in [2.24, 2.45) is 0 Å². The van der Waals surface area contributed by atoms with Crippen LogP contribution in [0.3, 0.4) is 0 Å². The minimum absolute atomic E-state index is 0.554. The van der Waals surface area contributed by atoms with Gasteiger partial charge in [-0.2, -0.15) is 0 Å². The number of hydrogen-bond acceptors (Lipinski definition) is 0. The summed E-state index contributed by atoms with van der Waals surface area (Å²) in [4.78, 5) is 0. The van der Waals surface area contributed by atoms with Crippen molar-refractivity contribution in [3.05, 3.63) is 241 Å². The molecule has 0 spiro atoms. The summed E-state index contributed by atoms with van der Waals surface area (Å²) in [6.45, 7) is 0. The van der Waals surface area contributed by atoms with Crippen LogP contribution in [0.15, 0.2) is 218 Å². The summed E-state index contributed by atoms with van der Waals surface area (Å²) in [5.74, 6) is 0.